The molecule has 0 heterocycles. The summed E-state index contributed by atoms with van der Waals surface area (Å²) in [5, 5.41) is 5.45. The minimum absolute atomic E-state index is 0.0819. The zero-order valence-corrected chi connectivity index (χ0v) is 22.5. The molecule has 0 radical (unpaired) electrons. The van der Waals surface area contributed by atoms with Crippen molar-refractivity contribution in [1.29, 1.82) is 0 Å². The van der Waals surface area contributed by atoms with Crippen LogP contribution in [0, 0.1) is 5.92 Å². The summed E-state index contributed by atoms with van der Waals surface area (Å²) in [6.07, 6.45) is -0.706. The summed E-state index contributed by atoms with van der Waals surface area (Å²) in [5.41, 5.74) is 2.80. The molecule has 0 saturated carbocycles. The van der Waals surface area contributed by atoms with Gasteiger partial charge >= 0.3 is 12.1 Å². The Labute approximate surface area is 228 Å². The Morgan fingerprint density at radius 1 is 0.711 bits per heavy atom. The highest BCUT2D eigenvalue weighted by molar-refractivity contribution is 7.98. The van der Waals surface area contributed by atoms with E-state index in [1.807, 2.05) is 105 Å². The monoisotopic (exact) mass is 534 g/mol. The molecule has 3 aromatic rings. The molecular formula is C30H34N2O5S. The number of alkyl carbamates (subject to hydrolysis) is 1. The van der Waals surface area contributed by atoms with Crippen molar-refractivity contribution in [2.45, 2.75) is 44.9 Å². The SMILES string of the molecule is CC(C)C(NC(=O)C(CSCc1ccccc1)NC(=O)OCc1ccccc1)C(=O)OCc1ccccc1. The minimum atomic E-state index is -0.907. The Morgan fingerprint density at radius 2 is 1.21 bits per heavy atom. The third-order valence-electron chi connectivity index (χ3n) is 5.66. The van der Waals surface area contributed by atoms with Gasteiger partial charge in [-0.3, -0.25) is 4.79 Å². The van der Waals surface area contributed by atoms with Crippen LogP contribution in [0.25, 0.3) is 0 Å². The van der Waals surface area contributed by atoms with Crippen molar-refractivity contribution < 1.29 is 23.9 Å². The Kier molecular flexibility index (Phi) is 11.7. The molecule has 38 heavy (non-hydrogen) atoms. The van der Waals surface area contributed by atoms with Gasteiger partial charge in [-0.05, 0) is 22.6 Å². The van der Waals surface area contributed by atoms with Gasteiger partial charge < -0.3 is 20.1 Å². The van der Waals surface area contributed by atoms with Crippen LogP contribution < -0.4 is 10.6 Å². The lowest BCUT2D eigenvalue weighted by Gasteiger charge is -2.24. The van der Waals surface area contributed by atoms with Gasteiger partial charge in [0.15, 0.2) is 0 Å². The van der Waals surface area contributed by atoms with Crippen molar-refractivity contribution in [1.82, 2.24) is 10.6 Å². The highest BCUT2D eigenvalue weighted by atomic mass is 32.2. The number of benzene rings is 3. The maximum absolute atomic E-state index is 13.3. The molecule has 2 atom stereocenters. The van der Waals surface area contributed by atoms with E-state index in [2.05, 4.69) is 10.6 Å². The van der Waals surface area contributed by atoms with E-state index in [1.54, 1.807) is 0 Å². The Bertz CT molecular complexity index is 1140. The van der Waals surface area contributed by atoms with Gasteiger partial charge in [0.1, 0.15) is 25.3 Å². The van der Waals surface area contributed by atoms with Crippen LogP contribution in [0.4, 0.5) is 4.79 Å². The van der Waals surface area contributed by atoms with E-state index < -0.39 is 30.1 Å². The molecule has 7 nitrogen and oxygen atoms in total. The van der Waals surface area contributed by atoms with Crippen LogP contribution in [0.15, 0.2) is 91.0 Å². The standard InChI is InChI=1S/C30H34N2O5S/c1-22(2)27(29(34)36-18-23-12-6-3-7-13-23)32-28(33)26(21-38-20-25-16-10-5-11-17-25)31-30(35)37-19-24-14-8-4-9-15-24/h3-17,22,26-27H,18-21H2,1-2H3,(H,31,35)(H,32,33). The predicted molar refractivity (Wildman–Crippen MR) is 149 cm³/mol. The maximum Gasteiger partial charge on any atom is 0.408 e. The fourth-order valence-electron chi connectivity index (χ4n) is 3.53. The second kappa shape index (κ2) is 15.5. The molecule has 2 N–H and O–H groups in total. The van der Waals surface area contributed by atoms with E-state index in [9.17, 15) is 14.4 Å². The van der Waals surface area contributed by atoms with Gasteiger partial charge in [-0.2, -0.15) is 11.8 Å². The predicted octanol–water partition coefficient (Wildman–Crippen LogP) is 5.10. The smallest absolute Gasteiger partial charge is 0.408 e. The first-order chi connectivity index (χ1) is 18.4. The molecule has 0 bridgehead atoms. The van der Waals surface area contributed by atoms with Crippen molar-refractivity contribution in [3.05, 3.63) is 108 Å². The van der Waals surface area contributed by atoms with Crippen molar-refractivity contribution in [2.75, 3.05) is 5.75 Å². The molecule has 0 aliphatic heterocycles. The average Bonchev–Trinajstić information content (AvgIpc) is 2.94. The Morgan fingerprint density at radius 3 is 1.74 bits per heavy atom. The zero-order valence-electron chi connectivity index (χ0n) is 21.7. The first-order valence-corrected chi connectivity index (χ1v) is 13.7. The van der Waals surface area contributed by atoms with E-state index in [4.69, 9.17) is 9.47 Å². The molecule has 0 aromatic heterocycles. The van der Waals surface area contributed by atoms with Gasteiger partial charge in [0.05, 0.1) is 0 Å². The molecule has 0 aliphatic rings. The van der Waals surface area contributed by atoms with Crippen LogP contribution in [0.5, 0.6) is 0 Å². The van der Waals surface area contributed by atoms with Crippen LogP contribution in [0.2, 0.25) is 0 Å². The maximum atomic E-state index is 13.3. The molecule has 3 rings (SSSR count). The van der Waals surface area contributed by atoms with E-state index in [0.717, 1.165) is 16.7 Å². The summed E-state index contributed by atoms with van der Waals surface area (Å²) in [6, 6.07) is 26.7. The van der Waals surface area contributed by atoms with Crippen molar-refractivity contribution >= 4 is 29.7 Å². The van der Waals surface area contributed by atoms with Crippen LogP contribution in [-0.4, -0.2) is 35.8 Å². The molecule has 0 spiro atoms. The summed E-state index contributed by atoms with van der Waals surface area (Å²) in [7, 11) is 0. The quantitative estimate of drug-likeness (QED) is 0.297. The lowest BCUT2D eigenvalue weighted by atomic mass is 10.0. The van der Waals surface area contributed by atoms with Crippen LogP contribution in [-0.2, 0) is 38.0 Å². The highest BCUT2D eigenvalue weighted by Crippen LogP contribution is 2.14. The second-order valence-corrected chi connectivity index (χ2v) is 10.1. The minimum Gasteiger partial charge on any atom is -0.459 e. The van der Waals surface area contributed by atoms with Gasteiger partial charge in [-0.25, -0.2) is 9.59 Å². The van der Waals surface area contributed by atoms with E-state index in [-0.39, 0.29) is 19.1 Å². The highest BCUT2D eigenvalue weighted by Gasteiger charge is 2.30. The van der Waals surface area contributed by atoms with E-state index >= 15 is 0 Å². The summed E-state index contributed by atoms with van der Waals surface area (Å²) >= 11 is 1.50. The summed E-state index contributed by atoms with van der Waals surface area (Å²) < 4.78 is 10.8. The number of hydrogen-bond donors (Lipinski definition) is 2. The third-order valence-corrected chi connectivity index (χ3v) is 6.77. The fraction of sp³-hybridized carbons (Fsp3) is 0.300. The normalized spacial score (nSPS) is 12.3. The van der Waals surface area contributed by atoms with Crippen LogP contribution in [0.1, 0.15) is 30.5 Å². The first kappa shape index (κ1) is 28.8. The van der Waals surface area contributed by atoms with Crippen molar-refractivity contribution in [2.24, 2.45) is 5.92 Å². The molecule has 2 amide bonds. The Balaban J connectivity index is 1.61. The first-order valence-electron chi connectivity index (χ1n) is 12.5. The summed E-state index contributed by atoms with van der Waals surface area (Å²) in [4.78, 5) is 38.7. The topological polar surface area (TPSA) is 93.7 Å². The molecule has 200 valence electrons. The number of hydrogen-bond acceptors (Lipinski definition) is 6. The number of thioether (sulfide) groups is 1. The molecular weight excluding hydrogens is 500 g/mol. The van der Waals surface area contributed by atoms with Crippen LogP contribution in [0.3, 0.4) is 0 Å². The molecule has 0 saturated heterocycles. The zero-order chi connectivity index (χ0) is 27.2. The van der Waals surface area contributed by atoms with Crippen molar-refractivity contribution in [3.8, 4) is 0 Å². The second-order valence-electron chi connectivity index (χ2n) is 9.08. The summed E-state index contributed by atoms with van der Waals surface area (Å²) in [6.45, 7) is 3.85. The lowest BCUT2D eigenvalue weighted by Crippen LogP contribution is -2.54. The van der Waals surface area contributed by atoms with Crippen LogP contribution >= 0.6 is 11.8 Å². The molecule has 8 heteroatoms. The summed E-state index contributed by atoms with van der Waals surface area (Å²) in [5.74, 6) is -0.259. The molecule has 2 unspecified atom stereocenters. The molecule has 0 aliphatic carbocycles. The number of carbonyl (C=O) groups excluding carboxylic acids is 3. The van der Waals surface area contributed by atoms with Gasteiger partial charge in [0, 0.05) is 11.5 Å². The van der Waals surface area contributed by atoms with Gasteiger partial charge in [-0.15, -0.1) is 0 Å². The van der Waals surface area contributed by atoms with E-state index in [1.165, 1.54) is 11.8 Å². The van der Waals surface area contributed by atoms with Gasteiger partial charge in [-0.1, -0.05) is 105 Å². The fourth-order valence-corrected chi connectivity index (χ4v) is 4.55. The number of ether oxygens (including phenoxy) is 2. The Hall–Kier alpha value is -3.78. The van der Waals surface area contributed by atoms with Gasteiger partial charge in [0.25, 0.3) is 0 Å². The van der Waals surface area contributed by atoms with Gasteiger partial charge in [0.2, 0.25) is 5.91 Å². The third kappa shape index (κ3) is 9.94. The number of esters is 1. The molecule has 0 fully saturated rings. The average molecular weight is 535 g/mol. The number of carbonyl (C=O) groups is 3. The number of nitrogens with one attached hydrogen (secondary N) is 2. The lowest BCUT2D eigenvalue weighted by molar-refractivity contribution is -0.150. The molecule has 3 aromatic carbocycles. The van der Waals surface area contributed by atoms with Crippen molar-refractivity contribution in [3.63, 3.8) is 0 Å². The number of rotatable bonds is 13. The largest absolute Gasteiger partial charge is 0.459 e. The number of amides is 2. The van der Waals surface area contributed by atoms with E-state index in [0.29, 0.717) is 11.5 Å².